The number of hydrogen-bond donors (Lipinski definition) is 4. The lowest BCUT2D eigenvalue weighted by Gasteiger charge is -2.34. The normalized spacial score (nSPS) is 13.1. The minimum atomic E-state index is -0.952. The molecule has 0 aliphatic rings. The van der Waals surface area contributed by atoms with Gasteiger partial charge in [0, 0.05) is 38.0 Å². The Balaban J connectivity index is 1.65. The van der Waals surface area contributed by atoms with Crippen LogP contribution in [0.2, 0.25) is 0 Å². The van der Waals surface area contributed by atoms with Crippen molar-refractivity contribution in [2.24, 2.45) is 10.8 Å². The van der Waals surface area contributed by atoms with Crippen LogP contribution in [-0.2, 0) is 55.7 Å². The lowest BCUT2D eigenvalue weighted by molar-refractivity contribution is -0.131. The topological polar surface area (TPSA) is 197 Å². The minimum absolute atomic E-state index is 0.0220. The van der Waals surface area contributed by atoms with Gasteiger partial charge in [-0.25, -0.2) is 14.6 Å². The lowest BCUT2D eigenvalue weighted by atomic mass is 9.86. The van der Waals surface area contributed by atoms with E-state index in [0.29, 0.717) is 78.8 Å². The van der Waals surface area contributed by atoms with Crippen LogP contribution >= 0.6 is 0 Å². The average molecular weight is 909 g/mol. The van der Waals surface area contributed by atoms with Crippen LogP contribution in [-0.4, -0.2) is 139 Å². The number of pyridine rings is 1. The van der Waals surface area contributed by atoms with Crippen LogP contribution in [0, 0.1) is 10.8 Å². The summed E-state index contributed by atoms with van der Waals surface area (Å²) < 4.78 is 37.0. The number of benzene rings is 2. The maximum Gasteiger partial charge on any atom is 0.407 e. The molecule has 65 heavy (non-hydrogen) atoms. The molecule has 0 unspecified atom stereocenters. The van der Waals surface area contributed by atoms with E-state index in [4.69, 9.17) is 33.2 Å². The number of methoxy groups -OCH3 is 2. The first-order valence-corrected chi connectivity index (χ1v) is 22.1. The third-order valence-electron chi connectivity index (χ3n) is 9.95. The first-order chi connectivity index (χ1) is 31.1. The zero-order chi connectivity index (χ0) is 47.5. The van der Waals surface area contributed by atoms with Gasteiger partial charge in [-0.2, -0.15) is 0 Å². The minimum Gasteiger partial charge on any atom is -0.453 e. The molecule has 0 fully saturated rings. The summed E-state index contributed by atoms with van der Waals surface area (Å²) in [6, 6.07) is 21.1. The lowest BCUT2D eigenvalue weighted by Crippen LogP contribution is -2.58. The smallest absolute Gasteiger partial charge is 0.407 e. The largest absolute Gasteiger partial charge is 0.453 e. The van der Waals surface area contributed by atoms with Gasteiger partial charge in [0.1, 0.15) is 18.7 Å². The monoisotopic (exact) mass is 909 g/mol. The summed E-state index contributed by atoms with van der Waals surface area (Å²) in [5.41, 5.74) is 5.38. The van der Waals surface area contributed by atoms with E-state index in [1.165, 1.54) is 7.11 Å². The molecule has 17 nitrogen and oxygen atoms in total. The molecule has 4 N–H and O–H groups in total. The summed E-state index contributed by atoms with van der Waals surface area (Å²) in [7, 11) is 2.87. The Morgan fingerprint density at radius 3 is 1.68 bits per heavy atom. The number of carbonyl (C=O) groups excluding carboxylic acids is 4. The molecule has 0 saturated heterocycles. The fourth-order valence-corrected chi connectivity index (χ4v) is 6.43. The molecule has 360 valence electrons. The number of amides is 4. The van der Waals surface area contributed by atoms with Gasteiger partial charge < -0.3 is 49.1 Å². The van der Waals surface area contributed by atoms with Crippen molar-refractivity contribution < 1.29 is 52.3 Å². The predicted molar refractivity (Wildman–Crippen MR) is 247 cm³/mol. The molecule has 1 heterocycles. The second-order valence-corrected chi connectivity index (χ2v) is 17.4. The zero-order valence-electron chi connectivity index (χ0n) is 39.5. The van der Waals surface area contributed by atoms with Crippen LogP contribution < -0.4 is 21.4 Å². The van der Waals surface area contributed by atoms with Crippen molar-refractivity contribution in [1.29, 1.82) is 0 Å². The van der Waals surface area contributed by atoms with Crippen molar-refractivity contribution in [3.63, 3.8) is 0 Å². The first kappa shape index (κ1) is 54.2. The maximum atomic E-state index is 14.2. The molecule has 0 saturated carbocycles. The molecule has 3 atom stereocenters. The first-order valence-electron chi connectivity index (χ1n) is 22.1. The quantitative estimate of drug-likeness (QED) is 0.0517. The number of alkyl carbamates (subject to hydrolysis) is 2. The van der Waals surface area contributed by atoms with Crippen LogP contribution in [0.1, 0.15) is 59.1 Å². The molecule has 0 spiro atoms. The molecule has 1 aromatic heterocycles. The van der Waals surface area contributed by atoms with Crippen LogP contribution in [0.5, 0.6) is 0 Å². The highest BCUT2D eigenvalue weighted by Crippen LogP contribution is 2.23. The van der Waals surface area contributed by atoms with E-state index in [1.54, 1.807) is 18.3 Å². The highest BCUT2D eigenvalue weighted by atomic mass is 16.6. The Bertz CT molecular complexity index is 1810. The zero-order valence-corrected chi connectivity index (χ0v) is 39.5. The van der Waals surface area contributed by atoms with Gasteiger partial charge in [0.15, 0.2) is 0 Å². The summed E-state index contributed by atoms with van der Waals surface area (Å²) in [6.45, 7) is 15.4. The summed E-state index contributed by atoms with van der Waals surface area (Å²) >= 11 is 0. The van der Waals surface area contributed by atoms with E-state index >= 15 is 0 Å². The Morgan fingerprint density at radius 1 is 0.600 bits per heavy atom. The van der Waals surface area contributed by atoms with E-state index in [9.17, 15) is 19.2 Å². The third-order valence-corrected chi connectivity index (χ3v) is 9.95. The van der Waals surface area contributed by atoms with Gasteiger partial charge in [-0.05, 0) is 46.9 Å². The third kappa shape index (κ3) is 22.0. The fourth-order valence-electron chi connectivity index (χ4n) is 6.43. The fraction of sp³-hybridized carbons (Fsp3) is 0.562. The average Bonchev–Trinajstić information content (AvgIpc) is 3.27. The SMILES string of the molecule is COCCOCCOCCOCCOCCOC(=O)N[C@@H](C(=O)N[C@H](CCN(Cc1ccc(-c2ccccn2)cc1)NC(=O)[C@H](NC(=O)OC)C(C)(C)C)Cc1ccccc1)C(C)(C)C. The van der Waals surface area contributed by atoms with Crippen LogP contribution in [0.25, 0.3) is 11.3 Å². The van der Waals surface area contributed by atoms with Crippen molar-refractivity contribution >= 4 is 24.0 Å². The van der Waals surface area contributed by atoms with E-state index < -0.39 is 47.0 Å². The number of nitrogens with one attached hydrogen (secondary N) is 4. The van der Waals surface area contributed by atoms with Gasteiger partial charge in [0.05, 0.1) is 72.3 Å². The molecule has 4 amide bonds. The summed E-state index contributed by atoms with van der Waals surface area (Å²) in [5.74, 6) is -0.814. The molecule has 3 rings (SSSR count). The van der Waals surface area contributed by atoms with Crippen molar-refractivity contribution in [2.45, 2.75) is 79.1 Å². The van der Waals surface area contributed by atoms with Gasteiger partial charge in [0.25, 0.3) is 5.91 Å². The second kappa shape index (κ2) is 29.4. The molecule has 3 aromatic rings. The Labute approximate surface area is 384 Å². The van der Waals surface area contributed by atoms with E-state index in [2.05, 4.69) is 26.4 Å². The van der Waals surface area contributed by atoms with Gasteiger partial charge in [-0.15, -0.1) is 0 Å². The molecular formula is C48H72N6O11. The van der Waals surface area contributed by atoms with Gasteiger partial charge in [-0.3, -0.25) is 20.0 Å². The number of hydrazine groups is 1. The van der Waals surface area contributed by atoms with Crippen LogP contribution in [0.15, 0.2) is 79.0 Å². The Morgan fingerprint density at radius 2 is 1.14 bits per heavy atom. The van der Waals surface area contributed by atoms with E-state index in [0.717, 1.165) is 22.4 Å². The number of rotatable bonds is 29. The molecule has 0 aliphatic heterocycles. The summed E-state index contributed by atoms with van der Waals surface area (Å²) in [6.07, 6.45) is 1.14. The molecule has 2 aromatic carbocycles. The number of hydrogen-bond acceptors (Lipinski definition) is 13. The van der Waals surface area contributed by atoms with Crippen molar-refractivity contribution in [2.75, 3.05) is 86.8 Å². The Kier molecular flexibility index (Phi) is 24.5. The number of ether oxygens (including phenoxy) is 7. The highest BCUT2D eigenvalue weighted by Gasteiger charge is 2.36. The van der Waals surface area contributed by atoms with E-state index in [-0.39, 0.29) is 19.1 Å². The molecule has 0 radical (unpaired) electrons. The van der Waals surface area contributed by atoms with Crippen molar-refractivity contribution in [3.05, 3.63) is 90.1 Å². The highest BCUT2D eigenvalue weighted by molar-refractivity contribution is 5.87. The van der Waals surface area contributed by atoms with Crippen molar-refractivity contribution in [3.8, 4) is 11.3 Å². The van der Waals surface area contributed by atoms with E-state index in [1.807, 2.05) is 114 Å². The van der Waals surface area contributed by atoms with Gasteiger partial charge in [-0.1, -0.05) is 102 Å². The second-order valence-electron chi connectivity index (χ2n) is 17.4. The number of carbonyl (C=O) groups is 4. The standard InChI is InChI=1S/C48H72N6O11/c1-47(2,3)41(52-46(58)65-33-32-64-31-30-63-29-28-62-27-26-61-25-24-59-7)43(55)50-39(34-36-14-10-9-11-15-36)21-23-54(53-44(56)42(48(4,5)6)51-45(57)60-8)35-37-17-19-38(20-18-37)40-16-12-13-22-49-40/h9-20,22,39,41-42H,21,23-35H2,1-8H3,(H,50,55)(H,51,57)(H,52,58)(H,53,56)/t39-,41+,42+/m1/s1. The number of nitrogens with zero attached hydrogens (tertiary/aromatic N) is 2. The van der Waals surface area contributed by atoms with Crippen molar-refractivity contribution in [1.82, 2.24) is 31.4 Å². The number of aromatic nitrogens is 1. The van der Waals surface area contributed by atoms with Crippen LogP contribution in [0.3, 0.4) is 0 Å². The van der Waals surface area contributed by atoms with Gasteiger partial charge >= 0.3 is 12.2 Å². The molecule has 0 aliphatic carbocycles. The molecular weight excluding hydrogens is 837 g/mol. The van der Waals surface area contributed by atoms with Crippen LogP contribution in [0.4, 0.5) is 9.59 Å². The summed E-state index contributed by atoms with van der Waals surface area (Å²) in [4.78, 5) is 57.9. The predicted octanol–water partition coefficient (Wildman–Crippen LogP) is 5.32. The maximum absolute atomic E-state index is 14.2. The molecule has 17 heteroatoms. The molecule has 0 bridgehead atoms. The Hall–Kier alpha value is -5.17. The summed E-state index contributed by atoms with van der Waals surface area (Å²) in [5, 5.41) is 10.4. The van der Waals surface area contributed by atoms with Gasteiger partial charge in [0.2, 0.25) is 5.91 Å².